The van der Waals surface area contributed by atoms with Gasteiger partial charge in [-0.2, -0.15) is 0 Å². The SMILES string of the molecule is CCOc1ccc(OCC(=O)N(CCN(CC)CC)c2nc3c(C)ccc(Cl)c3s2)cc1. The number of aryl methyl sites for hydroxylation is 1. The fraction of sp³-hybridized carbons (Fsp3) is 0.417. The maximum atomic E-state index is 13.2. The lowest BCUT2D eigenvalue weighted by Gasteiger charge is -2.24. The Balaban J connectivity index is 1.79. The molecule has 0 saturated heterocycles. The molecule has 8 heteroatoms. The third-order valence-electron chi connectivity index (χ3n) is 5.25. The fourth-order valence-corrected chi connectivity index (χ4v) is 4.70. The predicted molar refractivity (Wildman–Crippen MR) is 133 cm³/mol. The van der Waals surface area contributed by atoms with Crippen molar-refractivity contribution in [2.45, 2.75) is 27.7 Å². The number of fused-ring (bicyclic) bond motifs is 1. The van der Waals surface area contributed by atoms with Crippen LogP contribution in [0, 0.1) is 6.92 Å². The van der Waals surface area contributed by atoms with Crippen LogP contribution in [0.25, 0.3) is 10.2 Å². The van der Waals surface area contributed by atoms with Gasteiger partial charge in [0, 0.05) is 13.1 Å². The van der Waals surface area contributed by atoms with Crippen molar-refractivity contribution in [2.75, 3.05) is 44.3 Å². The molecule has 1 amide bonds. The van der Waals surface area contributed by atoms with Gasteiger partial charge in [-0.3, -0.25) is 9.69 Å². The van der Waals surface area contributed by atoms with Crippen LogP contribution in [0.4, 0.5) is 5.13 Å². The number of thiazole rings is 1. The molecule has 3 aromatic rings. The Morgan fingerprint density at radius 3 is 2.25 bits per heavy atom. The zero-order valence-corrected chi connectivity index (χ0v) is 20.6. The predicted octanol–water partition coefficient (Wildman–Crippen LogP) is 5.41. The molecule has 6 nitrogen and oxygen atoms in total. The molecule has 0 atom stereocenters. The van der Waals surface area contributed by atoms with Crippen LogP contribution >= 0.6 is 22.9 Å². The fourth-order valence-electron chi connectivity index (χ4n) is 3.34. The van der Waals surface area contributed by atoms with E-state index >= 15 is 0 Å². The number of rotatable bonds is 11. The van der Waals surface area contributed by atoms with Crippen LogP contribution in [0.3, 0.4) is 0 Å². The number of aromatic nitrogens is 1. The molecule has 0 radical (unpaired) electrons. The maximum Gasteiger partial charge on any atom is 0.266 e. The molecular weight excluding hydrogens is 446 g/mol. The standard InChI is InChI=1S/C24H30ClN3O3S/c1-5-27(6-2)14-15-28(24-26-22-17(4)8-13-20(25)23(22)32-24)21(29)16-31-19-11-9-18(10-12-19)30-7-3/h8-13H,5-7,14-16H2,1-4H3. The minimum atomic E-state index is -0.140. The molecule has 0 aliphatic carbocycles. The van der Waals surface area contributed by atoms with Crippen molar-refractivity contribution in [3.63, 3.8) is 0 Å². The largest absolute Gasteiger partial charge is 0.494 e. The minimum Gasteiger partial charge on any atom is -0.494 e. The van der Waals surface area contributed by atoms with Gasteiger partial charge in [0.2, 0.25) is 0 Å². The first-order chi connectivity index (χ1) is 15.5. The summed E-state index contributed by atoms with van der Waals surface area (Å²) in [4.78, 5) is 22.0. The van der Waals surface area contributed by atoms with E-state index in [9.17, 15) is 4.79 Å². The lowest BCUT2D eigenvalue weighted by molar-refractivity contribution is -0.120. The first-order valence-corrected chi connectivity index (χ1v) is 12.1. The number of nitrogens with zero attached hydrogens (tertiary/aromatic N) is 3. The number of halogens is 1. The van der Waals surface area contributed by atoms with Gasteiger partial charge in [0.05, 0.1) is 21.8 Å². The van der Waals surface area contributed by atoms with Gasteiger partial charge in [-0.1, -0.05) is 42.9 Å². The second-order valence-electron chi connectivity index (χ2n) is 7.30. The number of benzene rings is 2. The summed E-state index contributed by atoms with van der Waals surface area (Å²) in [5.41, 5.74) is 1.87. The van der Waals surface area contributed by atoms with Crippen molar-refractivity contribution in [3.8, 4) is 11.5 Å². The van der Waals surface area contributed by atoms with E-state index in [0.717, 1.165) is 41.2 Å². The third kappa shape index (κ3) is 5.91. The molecule has 0 unspecified atom stereocenters. The lowest BCUT2D eigenvalue weighted by atomic mass is 10.2. The highest BCUT2D eigenvalue weighted by atomic mass is 35.5. The van der Waals surface area contributed by atoms with Gasteiger partial charge in [-0.05, 0) is 62.8 Å². The number of likely N-dealkylation sites (N-methyl/N-ethyl adjacent to an activating group) is 1. The Hall–Kier alpha value is -2.35. The third-order valence-corrected chi connectivity index (χ3v) is 6.79. The van der Waals surface area contributed by atoms with Gasteiger partial charge < -0.3 is 14.4 Å². The summed E-state index contributed by atoms with van der Waals surface area (Å²) < 4.78 is 12.1. The first kappa shape index (κ1) is 24.3. The van der Waals surface area contributed by atoms with Crippen LogP contribution in [-0.4, -0.2) is 55.2 Å². The average molecular weight is 476 g/mol. The highest BCUT2D eigenvalue weighted by molar-refractivity contribution is 7.23. The molecule has 0 bridgehead atoms. The van der Waals surface area contributed by atoms with E-state index in [2.05, 4.69) is 18.7 Å². The summed E-state index contributed by atoms with van der Waals surface area (Å²) in [7, 11) is 0. The number of amides is 1. The van der Waals surface area contributed by atoms with E-state index in [1.54, 1.807) is 17.0 Å². The number of anilines is 1. The number of hydrogen-bond acceptors (Lipinski definition) is 6. The van der Waals surface area contributed by atoms with Crippen LogP contribution in [0.1, 0.15) is 26.3 Å². The van der Waals surface area contributed by atoms with Crippen molar-refractivity contribution in [1.29, 1.82) is 0 Å². The molecular formula is C24H30ClN3O3S. The van der Waals surface area contributed by atoms with Crippen molar-refractivity contribution in [1.82, 2.24) is 9.88 Å². The van der Waals surface area contributed by atoms with E-state index < -0.39 is 0 Å². The quantitative estimate of drug-likeness (QED) is 0.371. The van der Waals surface area contributed by atoms with E-state index in [0.29, 0.717) is 29.1 Å². The van der Waals surface area contributed by atoms with E-state index in [-0.39, 0.29) is 12.5 Å². The maximum absolute atomic E-state index is 13.2. The number of carbonyl (C=O) groups excluding carboxylic acids is 1. The Morgan fingerprint density at radius 1 is 1.00 bits per heavy atom. The van der Waals surface area contributed by atoms with Gasteiger partial charge in [-0.25, -0.2) is 4.98 Å². The molecule has 0 aliphatic heterocycles. The molecule has 0 N–H and O–H groups in total. The topological polar surface area (TPSA) is 54.9 Å². The number of carbonyl (C=O) groups is 1. The summed E-state index contributed by atoms with van der Waals surface area (Å²) in [5, 5.41) is 1.29. The van der Waals surface area contributed by atoms with Crippen molar-refractivity contribution < 1.29 is 14.3 Å². The van der Waals surface area contributed by atoms with E-state index in [4.69, 9.17) is 26.1 Å². The summed E-state index contributed by atoms with van der Waals surface area (Å²) >= 11 is 7.84. The van der Waals surface area contributed by atoms with Crippen LogP contribution in [0.15, 0.2) is 36.4 Å². The molecule has 0 fully saturated rings. The Morgan fingerprint density at radius 2 is 1.66 bits per heavy atom. The highest BCUT2D eigenvalue weighted by Gasteiger charge is 2.22. The monoisotopic (exact) mass is 475 g/mol. The Kier molecular flexibility index (Phi) is 8.73. The van der Waals surface area contributed by atoms with Gasteiger partial charge in [0.15, 0.2) is 11.7 Å². The normalized spacial score (nSPS) is 11.2. The highest BCUT2D eigenvalue weighted by Crippen LogP contribution is 2.35. The second-order valence-corrected chi connectivity index (χ2v) is 8.69. The molecule has 3 rings (SSSR count). The summed E-state index contributed by atoms with van der Waals surface area (Å²) in [5.74, 6) is 1.25. The van der Waals surface area contributed by atoms with Crippen LogP contribution in [0.5, 0.6) is 11.5 Å². The second kappa shape index (κ2) is 11.5. The van der Waals surface area contributed by atoms with Crippen LogP contribution < -0.4 is 14.4 Å². The van der Waals surface area contributed by atoms with Crippen LogP contribution in [-0.2, 0) is 4.79 Å². The van der Waals surface area contributed by atoms with E-state index in [1.165, 1.54) is 11.3 Å². The summed E-state index contributed by atoms with van der Waals surface area (Å²) in [6.45, 7) is 11.8. The molecule has 32 heavy (non-hydrogen) atoms. The number of hydrogen-bond donors (Lipinski definition) is 0. The van der Waals surface area contributed by atoms with Crippen molar-refractivity contribution in [2.24, 2.45) is 0 Å². The van der Waals surface area contributed by atoms with Gasteiger partial charge in [0.1, 0.15) is 11.5 Å². The van der Waals surface area contributed by atoms with Crippen molar-refractivity contribution in [3.05, 3.63) is 47.0 Å². The van der Waals surface area contributed by atoms with Gasteiger partial charge in [0.25, 0.3) is 5.91 Å². The molecule has 0 saturated carbocycles. The molecule has 0 spiro atoms. The van der Waals surface area contributed by atoms with Crippen LogP contribution in [0.2, 0.25) is 5.02 Å². The lowest BCUT2D eigenvalue weighted by Crippen LogP contribution is -2.41. The molecule has 1 heterocycles. The average Bonchev–Trinajstić information content (AvgIpc) is 3.25. The summed E-state index contributed by atoms with van der Waals surface area (Å²) in [6, 6.07) is 11.1. The molecule has 172 valence electrons. The first-order valence-electron chi connectivity index (χ1n) is 10.9. The zero-order chi connectivity index (χ0) is 23.1. The molecule has 1 aromatic heterocycles. The minimum absolute atomic E-state index is 0.0745. The van der Waals surface area contributed by atoms with Gasteiger partial charge >= 0.3 is 0 Å². The summed E-state index contributed by atoms with van der Waals surface area (Å²) in [6.07, 6.45) is 0. The van der Waals surface area contributed by atoms with E-state index in [1.807, 2.05) is 38.1 Å². The number of ether oxygens (including phenoxy) is 2. The Labute approximate surface area is 198 Å². The smallest absolute Gasteiger partial charge is 0.266 e. The molecule has 0 aliphatic rings. The van der Waals surface area contributed by atoms with Crippen molar-refractivity contribution >= 4 is 44.2 Å². The zero-order valence-electron chi connectivity index (χ0n) is 19.1. The molecule has 2 aromatic carbocycles. The van der Waals surface area contributed by atoms with Gasteiger partial charge in [-0.15, -0.1) is 0 Å². The Bertz CT molecular complexity index is 996.